The second kappa shape index (κ2) is 5.96. The standard InChI is InChI=1S/C7H15ClO2/c1-6(3-2-4-9)5-7(8)10/h6-7,9-10H,2-5H2,1H3. The summed E-state index contributed by atoms with van der Waals surface area (Å²) in [4.78, 5) is 0. The van der Waals surface area contributed by atoms with Gasteiger partial charge in [0.05, 0.1) is 0 Å². The molecule has 0 heterocycles. The first-order valence-electron chi connectivity index (χ1n) is 3.59. The molecule has 0 fully saturated rings. The Kier molecular flexibility index (Phi) is 6.08. The van der Waals surface area contributed by atoms with Crippen LogP contribution < -0.4 is 0 Å². The van der Waals surface area contributed by atoms with Crippen LogP contribution in [0.1, 0.15) is 26.2 Å². The second-order valence-electron chi connectivity index (χ2n) is 2.64. The van der Waals surface area contributed by atoms with E-state index in [1.165, 1.54) is 0 Å². The SMILES string of the molecule is CC(CCCO)CC(O)Cl. The molecule has 0 radical (unpaired) electrons. The number of hydrogen-bond donors (Lipinski definition) is 2. The van der Waals surface area contributed by atoms with Gasteiger partial charge in [0.1, 0.15) is 5.56 Å². The van der Waals surface area contributed by atoms with E-state index in [-0.39, 0.29) is 6.61 Å². The summed E-state index contributed by atoms with van der Waals surface area (Å²) in [6, 6.07) is 0. The Hall–Kier alpha value is 0.210. The second-order valence-corrected chi connectivity index (χ2v) is 3.14. The highest BCUT2D eigenvalue weighted by molar-refractivity contribution is 6.19. The molecule has 0 rings (SSSR count). The zero-order chi connectivity index (χ0) is 7.98. The molecular weight excluding hydrogens is 152 g/mol. The first-order chi connectivity index (χ1) is 4.66. The molecule has 3 heteroatoms. The molecule has 0 spiro atoms. The van der Waals surface area contributed by atoms with Gasteiger partial charge in [-0.3, -0.25) is 0 Å². The van der Waals surface area contributed by atoms with Gasteiger partial charge in [0.25, 0.3) is 0 Å². The minimum atomic E-state index is -0.728. The van der Waals surface area contributed by atoms with Gasteiger partial charge in [-0.2, -0.15) is 0 Å². The summed E-state index contributed by atoms with van der Waals surface area (Å²) in [5.74, 6) is 0.402. The summed E-state index contributed by atoms with van der Waals surface area (Å²) in [6.45, 7) is 2.24. The first kappa shape index (κ1) is 10.2. The Morgan fingerprint density at radius 1 is 1.50 bits per heavy atom. The Morgan fingerprint density at radius 3 is 2.50 bits per heavy atom. The van der Waals surface area contributed by atoms with Crippen LogP contribution in [0.2, 0.25) is 0 Å². The van der Waals surface area contributed by atoms with Crippen molar-refractivity contribution in [1.82, 2.24) is 0 Å². The van der Waals surface area contributed by atoms with Gasteiger partial charge >= 0.3 is 0 Å². The molecule has 0 aliphatic carbocycles. The molecule has 0 aliphatic rings. The van der Waals surface area contributed by atoms with Crippen LogP contribution in [0.15, 0.2) is 0 Å². The molecule has 0 saturated carbocycles. The van der Waals surface area contributed by atoms with E-state index < -0.39 is 5.56 Å². The van der Waals surface area contributed by atoms with E-state index in [4.69, 9.17) is 21.8 Å². The number of aliphatic hydroxyl groups excluding tert-OH is 2. The molecule has 0 aromatic rings. The molecule has 2 nitrogen and oxygen atoms in total. The molecule has 0 saturated heterocycles. The molecule has 2 atom stereocenters. The average Bonchev–Trinajstić information content (AvgIpc) is 1.82. The number of alkyl halides is 1. The normalized spacial score (nSPS) is 16.8. The van der Waals surface area contributed by atoms with Crippen molar-refractivity contribution in [2.75, 3.05) is 6.61 Å². The maximum Gasteiger partial charge on any atom is 0.128 e. The highest BCUT2D eigenvalue weighted by Gasteiger charge is 2.05. The van der Waals surface area contributed by atoms with E-state index in [0.29, 0.717) is 12.3 Å². The van der Waals surface area contributed by atoms with Gasteiger partial charge in [-0.05, 0) is 25.2 Å². The van der Waals surface area contributed by atoms with Gasteiger partial charge in [-0.25, -0.2) is 0 Å². The third-order valence-electron chi connectivity index (χ3n) is 1.45. The topological polar surface area (TPSA) is 40.5 Å². The molecule has 10 heavy (non-hydrogen) atoms. The first-order valence-corrected chi connectivity index (χ1v) is 4.03. The van der Waals surface area contributed by atoms with Gasteiger partial charge in [-0.15, -0.1) is 0 Å². The highest BCUT2D eigenvalue weighted by Crippen LogP contribution is 2.13. The van der Waals surface area contributed by atoms with E-state index >= 15 is 0 Å². The van der Waals surface area contributed by atoms with E-state index in [0.717, 1.165) is 12.8 Å². The van der Waals surface area contributed by atoms with Crippen LogP contribution >= 0.6 is 11.6 Å². The number of halogens is 1. The van der Waals surface area contributed by atoms with Crippen LogP contribution in [0.25, 0.3) is 0 Å². The fourth-order valence-corrected chi connectivity index (χ4v) is 1.19. The summed E-state index contributed by atoms with van der Waals surface area (Å²) in [5, 5.41) is 17.2. The Bertz CT molecular complexity index is 76.0. The van der Waals surface area contributed by atoms with Crippen molar-refractivity contribution in [2.24, 2.45) is 5.92 Å². The van der Waals surface area contributed by atoms with Gasteiger partial charge in [0, 0.05) is 6.61 Å². The van der Waals surface area contributed by atoms with Crippen LogP contribution in [0, 0.1) is 5.92 Å². The summed E-state index contributed by atoms with van der Waals surface area (Å²) < 4.78 is 0. The van der Waals surface area contributed by atoms with Crippen LogP contribution in [0.4, 0.5) is 0 Å². The molecule has 0 amide bonds. The molecule has 2 N–H and O–H groups in total. The number of rotatable bonds is 5. The number of aliphatic hydroxyl groups is 2. The maximum atomic E-state index is 8.73. The number of hydrogen-bond acceptors (Lipinski definition) is 2. The molecule has 0 bridgehead atoms. The zero-order valence-corrected chi connectivity index (χ0v) is 7.01. The fourth-order valence-electron chi connectivity index (χ4n) is 0.890. The lowest BCUT2D eigenvalue weighted by molar-refractivity contribution is 0.209. The fraction of sp³-hybridized carbons (Fsp3) is 1.00. The van der Waals surface area contributed by atoms with Crippen molar-refractivity contribution in [3.8, 4) is 0 Å². The summed E-state index contributed by atoms with van der Waals surface area (Å²) in [6.07, 6.45) is 2.34. The minimum absolute atomic E-state index is 0.225. The van der Waals surface area contributed by atoms with Crippen LogP contribution in [-0.4, -0.2) is 22.4 Å². The van der Waals surface area contributed by atoms with Crippen molar-refractivity contribution in [1.29, 1.82) is 0 Å². The summed E-state index contributed by atoms with van der Waals surface area (Å²) >= 11 is 5.34. The Balaban J connectivity index is 3.16. The average molecular weight is 167 g/mol. The lowest BCUT2D eigenvalue weighted by Crippen LogP contribution is -2.05. The predicted octanol–water partition coefficient (Wildman–Crippen LogP) is 1.34. The van der Waals surface area contributed by atoms with Crippen molar-refractivity contribution in [3.63, 3.8) is 0 Å². The van der Waals surface area contributed by atoms with Crippen LogP contribution in [-0.2, 0) is 0 Å². The van der Waals surface area contributed by atoms with Gasteiger partial charge < -0.3 is 10.2 Å². The van der Waals surface area contributed by atoms with E-state index in [9.17, 15) is 0 Å². The lowest BCUT2D eigenvalue weighted by Gasteiger charge is -2.10. The van der Waals surface area contributed by atoms with Gasteiger partial charge in [-0.1, -0.05) is 18.5 Å². The summed E-state index contributed by atoms with van der Waals surface area (Å²) in [5.41, 5.74) is -0.728. The quantitative estimate of drug-likeness (QED) is 0.606. The van der Waals surface area contributed by atoms with Crippen molar-refractivity contribution in [2.45, 2.75) is 31.7 Å². The van der Waals surface area contributed by atoms with Crippen molar-refractivity contribution in [3.05, 3.63) is 0 Å². The van der Waals surface area contributed by atoms with Crippen molar-refractivity contribution >= 4 is 11.6 Å². The third-order valence-corrected chi connectivity index (χ3v) is 1.63. The Labute approximate surface area is 66.8 Å². The smallest absolute Gasteiger partial charge is 0.128 e. The van der Waals surface area contributed by atoms with E-state index in [1.807, 2.05) is 6.92 Å². The monoisotopic (exact) mass is 166 g/mol. The van der Waals surface area contributed by atoms with E-state index in [1.54, 1.807) is 0 Å². The molecule has 2 unspecified atom stereocenters. The molecular formula is C7H15ClO2. The van der Waals surface area contributed by atoms with E-state index in [2.05, 4.69) is 0 Å². The zero-order valence-electron chi connectivity index (χ0n) is 6.26. The van der Waals surface area contributed by atoms with Gasteiger partial charge in [0.15, 0.2) is 0 Å². The largest absolute Gasteiger partial charge is 0.396 e. The van der Waals surface area contributed by atoms with Crippen molar-refractivity contribution < 1.29 is 10.2 Å². The molecule has 0 aromatic heterocycles. The highest BCUT2D eigenvalue weighted by atomic mass is 35.5. The predicted molar refractivity (Wildman–Crippen MR) is 42.0 cm³/mol. The molecule has 0 aliphatic heterocycles. The summed E-state index contributed by atoms with van der Waals surface area (Å²) in [7, 11) is 0. The van der Waals surface area contributed by atoms with Crippen LogP contribution in [0.3, 0.4) is 0 Å². The van der Waals surface area contributed by atoms with Crippen LogP contribution in [0.5, 0.6) is 0 Å². The van der Waals surface area contributed by atoms with Gasteiger partial charge in [0.2, 0.25) is 0 Å². The minimum Gasteiger partial charge on any atom is -0.396 e. The molecule has 0 aromatic carbocycles. The lowest BCUT2D eigenvalue weighted by atomic mass is 10.0. The maximum absolute atomic E-state index is 8.73. The Morgan fingerprint density at radius 2 is 2.10 bits per heavy atom. The third kappa shape index (κ3) is 6.33. The molecule has 62 valence electrons.